The van der Waals surface area contributed by atoms with E-state index in [1.165, 1.54) is 24.1 Å². The highest BCUT2D eigenvalue weighted by Crippen LogP contribution is 2.35. The van der Waals surface area contributed by atoms with Gasteiger partial charge in [0.1, 0.15) is 5.52 Å². The molecule has 2 heterocycles. The molecule has 1 N–H and O–H groups in total. The number of rotatable bonds is 0. The molecule has 0 amide bonds. The summed E-state index contributed by atoms with van der Waals surface area (Å²) < 4.78 is 6.66. The number of anilines is 1. The Morgan fingerprint density at radius 1 is 1.44 bits per heavy atom. The molecule has 3 nitrogen and oxygen atoms in total. The van der Waals surface area contributed by atoms with Crippen LogP contribution in [0.4, 0.5) is 5.69 Å². The van der Waals surface area contributed by atoms with Crippen LogP contribution in [0.5, 0.6) is 0 Å². The van der Waals surface area contributed by atoms with Crippen LogP contribution in [-0.2, 0) is 6.42 Å². The van der Waals surface area contributed by atoms with Crippen LogP contribution in [0, 0.1) is 6.92 Å². The highest BCUT2D eigenvalue weighted by molar-refractivity contribution is 9.10. The molecule has 0 fully saturated rings. The van der Waals surface area contributed by atoms with Crippen LogP contribution in [0.3, 0.4) is 0 Å². The lowest BCUT2D eigenvalue weighted by Gasteiger charge is -2.09. The first kappa shape index (κ1) is 10.1. The lowest BCUT2D eigenvalue weighted by atomic mass is 10.1. The Bertz CT molecular complexity index is 547. The highest BCUT2D eigenvalue weighted by Gasteiger charge is 2.17. The van der Waals surface area contributed by atoms with Gasteiger partial charge in [0.05, 0.1) is 4.47 Å². The van der Waals surface area contributed by atoms with Crippen molar-refractivity contribution in [3.63, 3.8) is 0 Å². The molecule has 0 bridgehead atoms. The number of hydrogen-bond donors (Lipinski definition) is 1. The molecule has 1 aliphatic heterocycles. The zero-order valence-electron chi connectivity index (χ0n) is 9.14. The summed E-state index contributed by atoms with van der Waals surface area (Å²) >= 11 is 3.65. The van der Waals surface area contributed by atoms with Crippen molar-refractivity contribution < 1.29 is 4.42 Å². The van der Waals surface area contributed by atoms with Gasteiger partial charge in [0.25, 0.3) is 0 Å². The average Bonchev–Trinajstić information content (AvgIpc) is 2.48. The van der Waals surface area contributed by atoms with Crippen LogP contribution in [0.2, 0.25) is 0 Å². The fourth-order valence-corrected chi connectivity index (χ4v) is 2.93. The van der Waals surface area contributed by atoms with Crippen molar-refractivity contribution in [3.05, 3.63) is 22.0 Å². The summed E-state index contributed by atoms with van der Waals surface area (Å²) in [4.78, 5) is 4.41. The summed E-state index contributed by atoms with van der Waals surface area (Å²) in [7, 11) is 0. The molecule has 1 aliphatic rings. The minimum atomic E-state index is 0.718. The highest BCUT2D eigenvalue weighted by atomic mass is 79.9. The van der Waals surface area contributed by atoms with E-state index >= 15 is 0 Å². The quantitative estimate of drug-likeness (QED) is 0.801. The first-order chi connectivity index (χ1) is 7.75. The average molecular weight is 281 g/mol. The van der Waals surface area contributed by atoms with Gasteiger partial charge in [-0.05, 0) is 40.8 Å². The Labute approximate surface area is 102 Å². The Kier molecular flexibility index (Phi) is 2.39. The molecule has 0 radical (unpaired) electrons. The van der Waals surface area contributed by atoms with Crippen LogP contribution >= 0.6 is 15.9 Å². The monoisotopic (exact) mass is 280 g/mol. The molecule has 1 aromatic carbocycles. The third kappa shape index (κ3) is 1.52. The van der Waals surface area contributed by atoms with Gasteiger partial charge in [0, 0.05) is 25.2 Å². The first-order valence-corrected chi connectivity index (χ1v) is 6.37. The molecule has 16 heavy (non-hydrogen) atoms. The number of hydrogen-bond acceptors (Lipinski definition) is 3. The van der Waals surface area contributed by atoms with Crippen LogP contribution in [0.25, 0.3) is 11.1 Å². The van der Waals surface area contributed by atoms with Gasteiger partial charge in [0.2, 0.25) is 0 Å². The number of oxazole rings is 1. The Hall–Kier alpha value is -1.03. The van der Waals surface area contributed by atoms with Gasteiger partial charge in [-0.15, -0.1) is 0 Å². The fourth-order valence-electron chi connectivity index (χ4n) is 2.23. The van der Waals surface area contributed by atoms with Crippen LogP contribution in [0.15, 0.2) is 15.0 Å². The number of nitrogens with zero attached hydrogens (tertiary/aromatic N) is 1. The van der Waals surface area contributed by atoms with Crippen molar-refractivity contribution in [2.24, 2.45) is 0 Å². The van der Waals surface area contributed by atoms with Crippen molar-refractivity contribution in [1.82, 2.24) is 4.98 Å². The molecule has 4 heteroatoms. The number of benzene rings is 1. The first-order valence-electron chi connectivity index (χ1n) is 5.58. The van der Waals surface area contributed by atoms with Crippen molar-refractivity contribution in [3.8, 4) is 0 Å². The van der Waals surface area contributed by atoms with Crippen LogP contribution in [-0.4, -0.2) is 11.5 Å². The lowest BCUT2D eigenvalue weighted by molar-refractivity contribution is 0.561. The SMILES string of the molecule is Cc1nc2c(Br)c3c(cc2o1)NCCCC3. The largest absolute Gasteiger partial charge is 0.441 e. The third-order valence-corrected chi connectivity index (χ3v) is 3.86. The van der Waals surface area contributed by atoms with Crippen LogP contribution in [0.1, 0.15) is 24.3 Å². The van der Waals surface area contributed by atoms with E-state index in [-0.39, 0.29) is 0 Å². The summed E-state index contributed by atoms with van der Waals surface area (Å²) in [5.74, 6) is 0.718. The van der Waals surface area contributed by atoms with Crippen molar-refractivity contribution >= 4 is 32.7 Å². The molecule has 0 spiro atoms. The van der Waals surface area contributed by atoms with Crippen LogP contribution < -0.4 is 5.32 Å². The number of aromatic nitrogens is 1. The van der Waals surface area contributed by atoms with Gasteiger partial charge in [-0.1, -0.05) is 0 Å². The molecule has 0 aliphatic carbocycles. The second-order valence-electron chi connectivity index (χ2n) is 4.18. The van der Waals surface area contributed by atoms with E-state index in [9.17, 15) is 0 Å². The summed E-state index contributed by atoms with van der Waals surface area (Å²) in [6.45, 7) is 2.92. The van der Waals surface area contributed by atoms with Gasteiger partial charge >= 0.3 is 0 Å². The Morgan fingerprint density at radius 2 is 2.31 bits per heavy atom. The van der Waals surface area contributed by atoms with Crippen molar-refractivity contribution in [2.75, 3.05) is 11.9 Å². The molecular formula is C12H13BrN2O. The second-order valence-corrected chi connectivity index (χ2v) is 4.97. The smallest absolute Gasteiger partial charge is 0.192 e. The maximum absolute atomic E-state index is 5.57. The van der Waals surface area contributed by atoms with Gasteiger partial charge in [-0.3, -0.25) is 0 Å². The second kappa shape index (κ2) is 3.77. The molecule has 3 rings (SSSR count). The topological polar surface area (TPSA) is 38.1 Å². The zero-order chi connectivity index (χ0) is 11.1. The summed E-state index contributed by atoms with van der Waals surface area (Å²) in [6, 6.07) is 2.07. The summed E-state index contributed by atoms with van der Waals surface area (Å²) in [6.07, 6.45) is 3.54. The maximum Gasteiger partial charge on any atom is 0.192 e. The third-order valence-electron chi connectivity index (χ3n) is 3.00. The summed E-state index contributed by atoms with van der Waals surface area (Å²) in [5, 5.41) is 3.45. The summed E-state index contributed by atoms with van der Waals surface area (Å²) in [5.41, 5.74) is 4.32. The normalized spacial score (nSPS) is 15.6. The Morgan fingerprint density at radius 3 is 3.19 bits per heavy atom. The molecule has 0 saturated heterocycles. The predicted molar refractivity (Wildman–Crippen MR) is 67.9 cm³/mol. The Balaban J connectivity index is 2.28. The number of halogens is 1. The van der Waals surface area contributed by atoms with E-state index in [1.54, 1.807) is 0 Å². The van der Waals surface area contributed by atoms with Gasteiger partial charge in [-0.25, -0.2) is 4.98 Å². The van der Waals surface area contributed by atoms with Gasteiger partial charge < -0.3 is 9.73 Å². The molecule has 0 saturated carbocycles. The van der Waals surface area contributed by atoms with Crippen molar-refractivity contribution in [2.45, 2.75) is 26.2 Å². The maximum atomic E-state index is 5.57. The number of fused-ring (bicyclic) bond motifs is 2. The van der Waals surface area contributed by atoms with E-state index in [1.807, 2.05) is 6.92 Å². The van der Waals surface area contributed by atoms with E-state index in [2.05, 4.69) is 32.3 Å². The van der Waals surface area contributed by atoms with E-state index < -0.39 is 0 Å². The van der Waals surface area contributed by atoms with E-state index in [4.69, 9.17) is 4.42 Å². The van der Waals surface area contributed by atoms with E-state index in [0.717, 1.165) is 34.4 Å². The number of aryl methyl sites for hydroxylation is 1. The molecule has 1 aromatic heterocycles. The lowest BCUT2D eigenvalue weighted by Crippen LogP contribution is -1.99. The minimum absolute atomic E-state index is 0.718. The van der Waals surface area contributed by atoms with Gasteiger partial charge in [0.15, 0.2) is 11.5 Å². The molecule has 84 valence electrons. The number of nitrogens with one attached hydrogen (secondary N) is 1. The molecular weight excluding hydrogens is 268 g/mol. The minimum Gasteiger partial charge on any atom is -0.441 e. The predicted octanol–water partition coefficient (Wildman–Crippen LogP) is 3.65. The van der Waals surface area contributed by atoms with E-state index in [0.29, 0.717) is 0 Å². The zero-order valence-corrected chi connectivity index (χ0v) is 10.7. The van der Waals surface area contributed by atoms with Gasteiger partial charge in [-0.2, -0.15) is 0 Å². The molecule has 0 atom stereocenters. The molecule has 2 aromatic rings. The standard InChI is InChI=1S/C12H13BrN2O/c1-7-15-12-10(16-7)6-9-8(11(12)13)4-2-3-5-14-9/h6,14H,2-5H2,1H3. The fraction of sp³-hybridized carbons (Fsp3) is 0.417. The van der Waals surface area contributed by atoms with Crippen molar-refractivity contribution in [1.29, 1.82) is 0 Å². The molecule has 0 unspecified atom stereocenters.